The molecule has 0 radical (unpaired) electrons. The summed E-state index contributed by atoms with van der Waals surface area (Å²) >= 11 is 0. The summed E-state index contributed by atoms with van der Waals surface area (Å²) in [6.45, 7) is 6.59. The quantitative estimate of drug-likeness (QED) is 0.731. The van der Waals surface area contributed by atoms with Gasteiger partial charge in [-0.15, -0.1) is 0 Å². The van der Waals surface area contributed by atoms with Gasteiger partial charge in [-0.05, 0) is 25.7 Å². The average molecular weight is 284 g/mol. The number of aliphatic hydroxyl groups is 1. The van der Waals surface area contributed by atoms with Crippen molar-refractivity contribution in [2.75, 3.05) is 52.6 Å². The molecule has 5 heteroatoms. The van der Waals surface area contributed by atoms with Crippen LogP contribution in [-0.2, 0) is 9.47 Å². The maximum absolute atomic E-state index is 9.27. The monoisotopic (exact) mass is 284 g/mol. The van der Waals surface area contributed by atoms with Crippen LogP contribution in [0.5, 0.6) is 0 Å². The lowest BCUT2D eigenvalue weighted by Crippen LogP contribution is -2.53. The fraction of sp³-hybridized carbons (Fsp3) is 1.00. The molecule has 2 N–H and O–H groups in total. The normalized spacial score (nSPS) is 36.1. The van der Waals surface area contributed by atoms with Crippen molar-refractivity contribution in [1.29, 1.82) is 0 Å². The predicted molar refractivity (Wildman–Crippen MR) is 76.8 cm³/mol. The lowest BCUT2D eigenvalue weighted by atomic mass is 9.81. The van der Waals surface area contributed by atoms with Gasteiger partial charge in [0.1, 0.15) is 0 Å². The topological polar surface area (TPSA) is 54.0 Å². The minimum Gasteiger partial charge on any atom is -0.394 e. The number of hydrogen-bond acceptors (Lipinski definition) is 5. The van der Waals surface area contributed by atoms with Crippen LogP contribution in [0.15, 0.2) is 0 Å². The maximum atomic E-state index is 9.27. The van der Waals surface area contributed by atoms with E-state index in [-0.39, 0.29) is 18.1 Å². The second kappa shape index (κ2) is 6.71. The molecule has 3 aliphatic rings. The zero-order valence-electron chi connectivity index (χ0n) is 12.4. The molecule has 0 aromatic rings. The zero-order chi connectivity index (χ0) is 13.8. The van der Waals surface area contributed by atoms with Crippen molar-refractivity contribution >= 4 is 0 Å². The molecule has 3 fully saturated rings. The molecule has 0 aromatic carbocycles. The summed E-state index contributed by atoms with van der Waals surface area (Å²) in [5.41, 5.74) is 0.248. The standard InChI is InChI=1S/C15H28N2O3/c18-9-14-8-17(5-7-20-14)11-15(4-1-6-19-12-15)10-16-13-2-3-13/h13-14,16,18H,1-12H2. The van der Waals surface area contributed by atoms with E-state index in [4.69, 9.17) is 9.47 Å². The summed E-state index contributed by atoms with van der Waals surface area (Å²) in [6, 6.07) is 0.753. The van der Waals surface area contributed by atoms with Crippen molar-refractivity contribution in [3.05, 3.63) is 0 Å². The fourth-order valence-corrected chi connectivity index (χ4v) is 3.39. The molecule has 2 unspecified atom stereocenters. The SMILES string of the molecule is OCC1CN(CC2(CNC3CC3)CCCOC2)CCO1. The molecule has 0 bridgehead atoms. The van der Waals surface area contributed by atoms with E-state index in [9.17, 15) is 5.11 Å². The van der Waals surface area contributed by atoms with E-state index in [1.165, 1.54) is 25.7 Å². The number of nitrogens with one attached hydrogen (secondary N) is 1. The van der Waals surface area contributed by atoms with Gasteiger partial charge in [0.2, 0.25) is 0 Å². The van der Waals surface area contributed by atoms with Gasteiger partial charge in [-0.1, -0.05) is 0 Å². The Bertz CT molecular complexity index is 303. The molecule has 5 nitrogen and oxygen atoms in total. The molecule has 1 saturated carbocycles. The number of aliphatic hydroxyl groups excluding tert-OH is 1. The molecular formula is C15H28N2O3. The van der Waals surface area contributed by atoms with Crippen molar-refractivity contribution in [2.45, 2.75) is 37.8 Å². The molecule has 2 aliphatic heterocycles. The third-order valence-corrected chi connectivity index (χ3v) is 4.73. The maximum Gasteiger partial charge on any atom is 0.0932 e. The van der Waals surface area contributed by atoms with Crippen LogP contribution in [0.3, 0.4) is 0 Å². The number of morpholine rings is 1. The number of ether oxygens (including phenoxy) is 2. The first-order chi connectivity index (χ1) is 9.80. The van der Waals surface area contributed by atoms with Crippen molar-refractivity contribution < 1.29 is 14.6 Å². The molecular weight excluding hydrogens is 256 g/mol. The molecule has 2 atom stereocenters. The first-order valence-corrected chi connectivity index (χ1v) is 8.06. The molecule has 3 rings (SSSR count). The summed E-state index contributed by atoms with van der Waals surface area (Å²) in [4.78, 5) is 2.45. The molecule has 0 amide bonds. The van der Waals surface area contributed by atoms with Gasteiger partial charge in [-0.25, -0.2) is 0 Å². The van der Waals surface area contributed by atoms with E-state index >= 15 is 0 Å². The average Bonchev–Trinajstić information content (AvgIpc) is 3.31. The van der Waals surface area contributed by atoms with Crippen LogP contribution in [0.4, 0.5) is 0 Å². The Morgan fingerprint density at radius 3 is 2.90 bits per heavy atom. The van der Waals surface area contributed by atoms with Crippen LogP contribution in [0.2, 0.25) is 0 Å². The minimum absolute atomic E-state index is 0.0123. The van der Waals surface area contributed by atoms with Gasteiger partial charge in [-0.2, -0.15) is 0 Å². The summed E-state index contributed by atoms with van der Waals surface area (Å²) in [7, 11) is 0. The Morgan fingerprint density at radius 2 is 2.20 bits per heavy atom. The summed E-state index contributed by atoms with van der Waals surface area (Å²) in [5, 5.41) is 13.0. The fourth-order valence-electron chi connectivity index (χ4n) is 3.39. The van der Waals surface area contributed by atoms with Gasteiger partial charge in [0.25, 0.3) is 0 Å². The Kier molecular flexibility index (Phi) is 4.94. The zero-order valence-corrected chi connectivity index (χ0v) is 12.4. The first kappa shape index (κ1) is 14.7. The van der Waals surface area contributed by atoms with Gasteiger partial charge < -0.3 is 19.9 Å². The summed E-state index contributed by atoms with van der Waals surface area (Å²) < 4.78 is 11.3. The molecule has 0 aromatic heterocycles. The van der Waals surface area contributed by atoms with Crippen molar-refractivity contribution in [3.8, 4) is 0 Å². The van der Waals surface area contributed by atoms with Gasteiger partial charge >= 0.3 is 0 Å². The number of nitrogens with zero attached hydrogens (tertiary/aromatic N) is 1. The molecule has 20 heavy (non-hydrogen) atoms. The lowest BCUT2D eigenvalue weighted by molar-refractivity contribution is -0.0810. The van der Waals surface area contributed by atoms with Crippen molar-refractivity contribution in [2.24, 2.45) is 5.41 Å². The molecule has 2 saturated heterocycles. The highest BCUT2D eigenvalue weighted by atomic mass is 16.5. The highest BCUT2D eigenvalue weighted by molar-refractivity contribution is 4.92. The van der Waals surface area contributed by atoms with Crippen LogP contribution in [0, 0.1) is 5.41 Å². The Balaban J connectivity index is 1.56. The van der Waals surface area contributed by atoms with E-state index < -0.39 is 0 Å². The van der Waals surface area contributed by atoms with Gasteiger partial charge in [0, 0.05) is 44.2 Å². The van der Waals surface area contributed by atoms with Gasteiger partial charge in [-0.3, -0.25) is 4.90 Å². The Morgan fingerprint density at radius 1 is 1.30 bits per heavy atom. The lowest BCUT2D eigenvalue weighted by Gasteiger charge is -2.43. The van der Waals surface area contributed by atoms with Crippen LogP contribution < -0.4 is 5.32 Å². The van der Waals surface area contributed by atoms with E-state index in [1.807, 2.05) is 0 Å². The van der Waals surface area contributed by atoms with E-state index in [0.29, 0.717) is 0 Å². The predicted octanol–water partition coefficient (Wildman–Crippen LogP) is 0.228. The minimum atomic E-state index is -0.0123. The van der Waals surface area contributed by atoms with Gasteiger partial charge in [0.15, 0.2) is 0 Å². The summed E-state index contributed by atoms with van der Waals surface area (Å²) in [6.07, 6.45) is 5.07. The van der Waals surface area contributed by atoms with E-state index in [1.54, 1.807) is 0 Å². The van der Waals surface area contributed by atoms with Crippen LogP contribution in [-0.4, -0.2) is 74.8 Å². The smallest absolute Gasteiger partial charge is 0.0932 e. The largest absolute Gasteiger partial charge is 0.394 e. The Hall–Kier alpha value is -0.200. The third kappa shape index (κ3) is 3.92. The first-order valence-electron chi connectivity index (χ1n) is 8.06. The highest BCUT2D eigenvalue weighted by Crippen LogP contribution is 2.31. The molecule has 1 aliphatic carbocycles. The second-order valence-electron chi connectivity index (χ2n) is 6.72. The second-order valence-corrected chi connectivity index (χ2v) is 6.72. The van der Waals surface area contributed by atoms with Gasteiger partial charge in [0.05, 0.1) is 25.9 Å². The number of hydrogen-bond donors (Lipinski definition) is 2. The van der Waals surface area contributed by atoms with Crippen molar-refractivity contribution in [3.63, 3.8) is 0 Å². The van der Waals surface area contributed by atoms with Crippen LogP contribution in [0.25, 0.3) is 0 Å². The van der Waals surface area contributed by atoms with Crippen LogP contribution >= 0.6 is 0 Å². The van der Waals surface area contributed by atoms with Crippen LogP contribution in [0.1, 0.15) is 25.7 Å². The molecule has 116 valence electrons. The highest BCUT2D eigenvalue weighted by Gasteiger charge is 2.37. The molecule has 0 spiro atoms. The molecule has 2 heterocycles. The van der Waals surface area contributed by atoms with Crippen molar-refractivity contribution in [1.82, 2.24) is 10.2 Å². The number of rotatable bonds is 6. The Labute approximate surface area is 121 Å². The van der Waals surface area contributed by atoms with E-state index in [0.717, 1.165) is 52.0 Å². The van der Waals surface area contributed by atoms with E-state index in [2.05, 4.69) is 10.2 Å². The third-order valence-electron chi connectivity index (χ3n) is 4.73. The summed E-state index contributed by atoms with van der Waals surface area (Å²) in [5.74, 6) is 0.